The van der Waals surface area contributed by atoms with Crippen LogP contribution in [0.1, 0.15) is 11.1 Å². The van der Waals surface area contributed by atoms with Gasteiger partial charge in [-0.2, -0.15) is 0 Å². The second kappa shape index (κ2) is 5.67. The Hall–Kier alpha value is -2.13. The summed E-state index contributed by atoms with van der Waals surface area (Å²) in [5.41, 5.74) is 0.818. The second-order valence-electron chi connectivity index (χ2n) is 4.24. The molecule has 0 aliphatic carbocycles. The first kappa shape index (κ1) is 13.3. The maximum Gasteiger partial charge on any atom is 0.311 e. The molecule has 96 valence electrons. The van der Waals surface area contributed by atoms with E-state index < -0.39 is 5.41 Å². The van der Waals surface area contributed by atoms with Gasteiger partial charge in [0.15, 0.2) is 0 Å². The average molecular weight is 268 g/mol. The van der Waals surface area contributed by atoms with Gasteiger partial charge in [0, 0.05) is 0 Å². The van der Waals surface area contributed by atoms with Crippen molar-refractivity contribution in [2.24, 2.45) is 0 Å². The van der Waals surface area contributed by atoms with Crippen molar-refractivity contribution in [3.8, 4) is 0 Å². The zero-order valence-electron chi connectivity index (χ0n) is 10.9. The van der Waals surface area contributed by atoms with Gasteiger partial charge in [-0.1, -0.05) is 66.7 Å². The van der Waals surface area contributed by atoms with E-state index in [0.717, 1.165) is 11.1 Å². The fourth-order valence-corrected chi connectivity index (χ4v) is 2.61. The van der Waals surface area contributed by atoms with Gasteiger partial charge < -0.3 is 4.43 Å². The highest BCUT2D eigenvalue weighted by Crippen LogP contribution is 2.34. The van der Waals surface area contributed by atoms with Crippen LogP contribution in [0.3, 0.4) is 0 Å². The van der Waals surface area contributed by atoms with Crippen LogP contribution >= 0.6 is 0 Å². The molecule has 0 amide bonds. The molecule has 0 aliphatic heterocycles. The lowest BCUT2D eigenvalue weighted by Crippen LogP contribution is -2.36. The Morgan fingerprint density at radius 3 is 1.74 bits per heavy atom. The largest absolute Gasteiger partial charge is 0.528 e. The molecule has 0 radical (unpaired) electrons. The molecule has 0 fully saturated rings. The first-order chi connectivity index (χ1) is 9.25. The molecule has 0 saturated carbocycles. The van der Waals surface area contributed by atoms with Crippen LogP contribution in [0.15, 0.2) is 73.3 Å². The lowest BCUT2D eigenvalue weighted by Gasteiger charge is -2.29. The highest BCUT2D eigenvalue weighted by Gasteiger charge is 2.39. The Labute approximate surface area is 116 Å². The van der Waals surface area contributed by atoms with E-state index in [1.807, 2.05) is 60.7 Å². The smallest absolute Gasteiger partial charge is 0.311 e. The van der Waals surface area contributed by atoms with Crippen LogP contribution in [0, 0.1) is 0 Å². The number of rotatable bonds is 4. The fraction of sp³-hybridized carbons (Fsp3) is 0.0625. The molecule has 3 heteroatoms. The standard InChI is InChI=1S/C16H16O2Si/c1-2-16(15(17)18-19,13-9-5-3-6-10-13)14-11-7-4-8-12-14/h2-12H,1H2,19H3. The van der Waals surface area contributed by atoms with Gasteiger partial charge in [-0.05, 0) is 11.1 Å². The van der Waals surface area contributed by atoms with E-state index in [9.17, 15) is 4.79 Å². The molecule has 19 heavy (non-hydrogen) atoms. The van der Waals surface area contributed by atoms with E-state index in [2.05, 4.69) is 6.58 Å². The average Bonchev–Trinajstić information content (AvgIpc) is 2.50. The molecule has 0 unspecified atom stereocenters. The third-order valence-electron chi connectivity index (χ3n) is 3.27. The van der Waals surface area contributed by atoms with Crippen molar-refractivity contribution >= 4 is 16.5 Å². The van der Waals surface area contributed by atoms with Crippen molar-refractivity contribution in [1.29, 1.82) is 0 Å². The minimum Gasteiger partial charge on any atom is -0.528 e. The van der Waals surface area contributed by atoms with Crippen molar-refractivity contribution < 1.29 is 9.22 Å². The van der Waals surface area contributed by atoms with Crippen LogP contribution in [0.5, 0.6) is 0 Å². The van der Waals surface area contributed by atoms with E-state index in [-0.39, 0.29) is 5.97 Å². The Morgan fingerprint density at radius 1 is 1.00 bits per heavy atom. The molecule has 0 heterocycles. The van der Waals surface area contributed by atoms with E-state index >= 15 is 0 Å². The third kappa shape index (κ3) is 2.24. The SMILES string of the molecule is C=CC(C(=O)O[SiH3])(c1ccccc1)c1ccccc1. The van der Waals surface area contributed by atoms with Crippen molar-refractivity contribution in [1.82, 2.24) is 0 Å². The highest BCUT2D eigenvalue weighted by molar-refractivity contribution is 6.09. The van der Waals surface area contributed by atoms with E-state index in [0.29, 0.717) is 10.5 Å². The van der Waals surface area contributed by atoms with Crippen molar-refractivity contribution in [2.45, 2.75) is 5.41 Å². The maximum absolute atomic E-state index is 12.4. The Bertz CT molecular complexity index is 524. The predicted octanol–water partition coefficient (Wildman–Crippen LogP) is 1.98. The molecule has 0 atom stereocenters. The van der Waals surface area contributed by atoms with Gasteiger partial charge in [0.05, 0.1) is 0 Å². The maximum atomic E-state index is 12.4. The summed E-state index contributed by atoms with van der Waals surface area (Å²) in [7, 11) is 0.363. The summed E-state index contributed by atoms with van der Waals surface area (Å²) in [6.07, 6.45) is 1.66. The number of hydrogen-bond donors (Lipinski definition) is 0. The van der Waals surface area contributed by atoms with Crippen LogP contribution < -0.4 is 0 Å². The molecule has 2 aromatic carbocycles. The first-order valence-electron chi connectivity index (χ1n) is 6.08. The van der Waals surface area contributed by atoms with Gasteiger partial charge in [0.1, 0.15) is 5.41 Å². The van der Waals surface area contributed by atoms with Gasteiger partial charge in [0.25, 0.3) is 0 Å². The summed E-state index contributed by atoms with van der Waals surface area (Å²) in [6.45, 7) is 3.87. The second-order valence-corrected chi connectivity index (χ2v) is 4.64. The highest BCUT2D eigenvalue weighted by atomic mass is 28.2. The molecule has 0 bridgehead atoms. The van der Waals surface area contributed by atoms with E-state index in [4.69, 9.17) is 4.43 Å². The molecular formula is C16H16O2Si. The van der Waals surface area contributed by atoms with E-state index in [1.54, 1.807) is 6.08 Å². The van der Waals surface area contributed by atoms with Crippen molar-refractivity contribution in [2.75, 3.05) is 0 Å². The van der Waals surface area contributed by atoms with Crippen molar-refractivity contribution in [3.63, 3.8) is 0 Å². The molecule has 0 spiro atoms. The number of carbonyl (C=O) groups excluding carboxylic acids is 1. The lowest BCUT2D eigenvalue weighted by atomic mass is 9.74. The Morgan fingerprint density at radius 2 is 1.42 bits per heavy atom. The van der Waals surface area contributed by atoms with Crippen LogP contribution in [0.4, 0.5) is 0 Å². The Kier molecular flexibility index (Phi) is 3.97. The number of benzene rings is 2. The summed E-state index contributed by atoms with van der Waals surface area (Å²) >= 11 is 0. The lowest BCUT2D eigenvalue weighted by molar-refractivity contribution is -0.137. The monoisotopic (exact) mass is 268 g/mol. The molecule has 2 nitrogen and oxygen atoms in total. The van der Waals surface area contributed by atoms with Gasteiger partial charge in [-0.25, -0.2) is 0 Å². The van der Waals surface area contributed by atoms with Gasteiger partial charge in [-0.3, -0.25) is 4.79 Å². The molecule has 0 aliphatic rings. The molecule has 2 rings (SSSR count). The Balaban J connectivity index is 2.69. The molecule has 0 saturated heterocycles. The minimum atomic E-state index is -0.926. The van der Waals surface area contributed by atoms with Gasteiger partial charge in [0.2, 0.25) is 10.5 Å². The molecule has 0 N–H and O–H groups in total. The zero-order valence-corrected chi connectivity index (χ0v) is 12.9. The van der Waals surface area contributed by atoms with Crippen LogP contribution in [0.25, 0.3) is 0 Å². The topological polar surface area (TPSA) is 26.3 Å². The zero-order chi connectivity index (χ0) is 13.7. The van der Waals surface area contributed by atoms with Crippen molar-refractivity contribution in [3.05, 3.63) is 84.4 Å². The summed E-state index contributed by atoms with van der Waals surface area (Å²) in [5.74, 6) is -0.272. The summed E-state index contributed by atoms with van der Waals surface area (Å²) in [5, 5.41) is 0. The van der Waals surface area contributed by atoms with Crippen LogP contribution in [0.2, 0.25) is 0 Å². The molecule has 2 aromatic rings. The fourth-order valence-electron chi connectivity index (χ4n) is 2.28. The summed E-state index contributed by atoms with van der Waals surface area (Å²) in [6, 6.07) is 19.2. The minimum absolute atomic E-state index is 0.272. The molecular weight excluding hydrogens is 252 g/mol. The van der Waals surface area contributed by atoms with Crippen LogP contribution in [-0.4, -0.2) is 16.5 Å². The molecule has 0 aromatic heterocycles. The normalized spacial score (nSPS) is 10.9. The summed E-state index contributed by atoms with van der Waals surface area (Å²) in [4.78, 5) is 12.4. The first-order valence-corrected chi connectivity index (χ1v) is 6.90. The predicted molar refractivity (Wildman–Crippen MR) is 79.9 cm³/mol. The number of hydrogen-bond acceptors (Lipinski definition) is 2. The number of carbonyl (C=O) groups is 1. The van der Waals surface area contributed by atoms with E-state index in [1.165, 1.54) is 0 Å². The van der Waals surface area contributed by atoms with Crippen LogP contribution in [-0.2, 0) is 14.6 Å². The third-order valence-corrected chi connectivity index (χ3v) is 3.64. The summed E-state index contributed by atoms with van der Waals surface area (Å²) < 4.78 is 5.14. The van der Waals surface area contributed by atoms with Gasteiger partial charge in [-0.15, -0.1) is 6.58 Å². The quantitative estimate of drug-likeness (QED) is 0.626. The van der Waals surface area contributed by atoms with Gasteiger partial charge >= 0.3 is 5.97 Å².